The largest absolute Gasteiger partial charge is 0.507 e. The van der Waals surface area contributed by atoms with E-state index in [1.54, 1.807) is 26.0 Å². The zero-order chi connectivity index (χ0) is 10.0. The minimum absolute atomic E-state index is 0.203. The van der Waals surface area contributed by atoms with Gasteiger partial charge in [0, 0.05) is 5.56 Å². The van der Waals surface area contributed by atoms with Crippen molar-refractivity contribution in [2.45, 2.75) is 13.8 Å². The molecule has 0 saturated heterocycles. The Labute approximate surface area is 76.6 Å². The van der Waals surface area contributed by atoms with Crippen molar-refractivity contribution >= 4 is 5.78 Å². The van der Waals surface area contributed by atoms with Crippen LogP contribution >= 0.6 is 0 Å². The normalized spacial score (nSPS) is 10.1. The zero-order valence-corrected chi connectivity index (χ0v) is 7.66. The summed E-state index contributed by atoms with van der Waals surface area (Å²) in [5.74, 6) is -0.124. The molecule has 0 aliphatic heterocycles. The molecule has 1 aromatic carbocycles. The minimum atomic E-state index is -0.496. The summed E-state index contributed by atoms with van der Waals surface area (Å²) < 4.78 is 0. The molecular formula is C10H12O3. The monoisotopic (exact) mass is 180 g/mol. The zero-order valence-electron chi connectivity index (χ0n) is 7.66. The summed E-state index contributed by atoms with van der Waals surface area (Å²) in [5, 5.41) is 18.0. The van der Waals surface area contributed by atoms with Crippen LogP contribution in [0.5, 0.6) is 5.75 Å². The quantitative estimate of drug-likeness (QED) is 0.672. The summed E-state index contributed by atoms with van der Waals surface area (Å²) >= 11 is 0. The molecule has 0 radical (unpaired) electrons. The van der Waals surface area contributed by atoms with Gasteiger partial charge in [-0.2, -0.15) is 0 Å². The molecule has 0 amide bonds. The van der Waals surface area contributed by atoms with Crippen LogP contribution in [0.2, 0.25) is 0 Å². The van der Waals surface area contributed by atoms with Gasteiger partial charge in [0.1, 0.15) is 12.4 Å². The highest BCUT2D eigenvalue weighted by Gasteiger charge is 2.08. The fraction of sp³-hybridized carbons (Fsp3) is 0.300. The number of rotatable bonds is 2. The van der Waals surface area contributed by atoms with E-state index in [2.05, 4.69) is 0 Å². The summed E-state index contributed by atoms with van der Waals surface area (Å²) in [6.07, 6.45) is 0. The Morgan fingerprint density at radius 3 is 2.15 bits per heavy atom. The van der Waals surface area contributed by atoms with E-state index in [0.29, 0.717) is 16.7 Å². The van der Waals surface area contributed by atoms with E-state index in [-0.39, 0.29) is 11.5 Å². The maximum absolute atomic E-state index is 11.1. The van der Waals surface area contributed by atoms with E-state index in [1.807, 2.05) is 0 Å². The topological polar surface area (TPSA) is 57.5 Å². The number of aromatic hydroxyl groups is 1. The fourth-order valence-electron chi connectivity index (χ4n) is 1.21. The van der Waals surface area contributed by atoms with Gasteiger partial charge in [-0.1, -0.05) is 0 Å². The van der Waals surface area contributed by atoms with Gasteiger partial charge in [0.05, 0.1) is 0 Å². The highest BCUT2D eigenvalue weighted by Crippen LogP contribution is 2.22. The smallest absolute Gasteiger partial charge is 0.188 e. The third-order valence-electron chi connectivity index (χ3n) is 1.96. The van der Waals surface area contributed by atoms with E-state index >= 15 is 0 Å². The molecule has 0 aliphatic rings. The maximum atomic E-state index is 11.1. The molecule has 2 N–H and O–H groups in total. The molecule has 13 heavy (non-hydrogen) atoms. The molecule has 1 aromatic rings. The van der Waals surface area contributed by atoms with Gasteiger partial charge in [-0.25, -0.2) is 0 Å². The molecule has 0 atom stereocenters. The van der Waals surface area contributed by atoms with Gasteiger partial charge in [0.25, 0.3) is 0 Å². The van der Waals surface area contributed by atoms with Crippen molar-refractivity contribution in [3.63, 3.8) is 0 Å². The van der Waals surface area contributed by atoms with E-state index < -0.39 is 6.61 Å². The van der Waals surface area contributed by atoms with Gasteiger partial charge < -0.3 is 10.2 Å². The molecular weight excluding hydrogens is 168 g/mol. The van der Waals surface area contributed by atoms with Gasteiger partial charge >= 0.3 is 0 Å². The molecule has 3 nitrogen and oxygen atoms in total. The Morgan fingerprint density at radius 2 is 1.77 bits per heavy atom. The molecule has 0 aromatic heterocycles. The highest BCUT2D eigenvalue weighted by atomic mass is 16.3. The first kappa shape index (κ1) is 9.74. The van der Waals surface area contributed by atoms with Gasteiger partial charge in [-0.05, 0) is 37.1 Å². The number of benzene rings is 1. The molecule has 0 heterocycles. The summed E-state index contributed by atoms with van der Waals surface area (Å²) in [6, 6.07) is 3.14. The second-order valence-electron chi connectivity index (χ2n) is 3.04. The van der Waals surface area contributed by atoms with Crippen LogP contribution in [0.1, 0.15) is 21.5 Å². The number of aliphatic hydroxyl groups is 1. The number of phenolic OH excluding ortho intramolecular Hbond substituents is 1. The number of aryl methyl sites for hydroxylation is 2. The first-order valence-corrected chi connectivity index (χ1v) is 4.00. The maximum Gasteiger partial charge on any atom is 0.188 e. The second kappa shape index (κ2) is 3.58. The van der Waals surface area contributed by atoms with Crippen molar-refractivity contribution in [3.05, 3.63) is 28.8 Å². The van der Waals surface area contributed by atoms with Crippen molar-refractivity contribution in [2.75, 3.05) is 6.61 Å². The predicted molar refractivity (Wildman–Crippen MR) is 49.0 cm³/mol. The van der Waals surface area contributed by atoms with E-state index in [4.69, 9.17) is 5.11 Å². The van der Waals surface area contributed by atoms with Gasteiger partial charge in [-0.3, -0.25) is 4.79 Å². The molecule has 1 rings (SSSR count). The van der Waals surface area contributed by atoms with Crippen LogP contribution in [0.25, 0.3) is 0 Å². The number of phenols is 1. The van der Waals surface area contributed by atoms with Crippen LogP contribution < -0.4 is 0 Å². The lowest BCUT2D eigenvalue weighted by Crippen LogP contribution is -2.04. The number of carbonyl (C=O) groups is 1. The van der Waals surface area contributed by atoms with Crippen LogP contribution in [0.15, 0.2) is 12.1 Å². The minimum Gasteiger partial charge on any atom is -0.507 e. The van der Waals surface area contributed by atoms with Gasteiger partial charge in [0.2, 0.25) is 0 Å². The first-order chi connectivity index (χ1) is 6.06. The molecule has 3 heteroatoms. The summed E-state index contributed by atoms with van der Waals surface area (Å²) in [7, 11) is 0. The Morgan fingerprint density at radius 1 is 1.31 bits per heavy atom. The van der Waals surface area contributed by atoms with Crippen LogP contribution in [-0.4, -0.2) is 22.6 Å². The number of hydrogen-bond donors (Lipinski definition) is 2. The van der Waals surface area contributed by atoms with Crippen LogP contribution in [0.3, 0.4) is 0 Å². The van der Waals surface area contributed by atoms with Crippen molar-refractivity contribution in [2.24, 2.45) is 0 Å². The third-order valence-corrected chi connectivity index (χ3v) is 1.96. The van der Waals surface area contributed by atoms with E-state index in [0.717, 1.165) is 0 Å². The van der Waals surface area contributed by atoms with E-state index in [1.165, 1.54) is 0 Å². The van der Waals surface area contributed by atoms with Crippen molar-refractivity contribution in [1.82, 2.24) is 0 Å². The Bertz CT molecular complexity index is 319. The van der Waals surface area contributed by atoms with Crippen molar-refractivity contribution in [3.8, 4) is 5.75 Å². The highest BCUT2D eigenvalue weighted by molar-refractivity contribution is 5.97. The lowest BCUT2D eigenvalue weighted by atomic mass is 10.0. The number of hydrogen-bond acceptors (Lipinski definition) is 3. The van der Waals surface area contributed by atoms with Gasteiger partial charge in [-0.15, -0.1) is 0 Å². The molecule has 0 unspecified atom stereocenters. The molecule has 70 valence electrons. The number of aliphatic hydroxyl groups excluding tert-OH is 1. The third kappa shape index (κ3) is 1.87. The Hall–Kier alpha value is -1.35. The predicted octanol–water partition coefficient (Wildman–Crippen LogP) is 1.18. The van der Waals surface area contributed by atoms with Crippen molar-refractivity contribution in [1.29, 1.82) is 0 Å². The molecule has 0 fully saturated rings. The first-order valence-electron chi connectivity index (χ1n) is 4.00. The average Bonchev–Trinajstić information content (AvgIpc) is 2.12. The SMILES string of the molecule is Cc1cc(C(=O)CO)cc(C)c1O. The Balaban J connectivity index is 3.20. The van der Waals surface area contributed by atoms with Gasteiger partial charge in [0.15, 0.2) is 5.78 Å². The van der Waals surface area contributed by atoms with E-state index in [9.17, 15) is 9.90 Å². The molecule has 0 saturated carbocycles. The number of carbonyl (C=O) groups excluding carboxylic acids is 1. The standard InChI is InChI=1S/C10H12O3/c1-6-3-8(9(12)5-11)4-7(2)10(6)13/h3-4,11,13H,5H2,1-2H3. The van der Waals surface area contributed by atoms with Crippen LogP contribution in [0.4, 0.5) is 0 Å². The summed E-state index contributed by atoms with van der Waals surface area (Å²) in [4.78, 5) is 11.1. The molecule has 0 bridgehead atoms. The van der Waals surface area contributed by atoms with Crippen LogP contribution in [-0.2, 0) is 0 Å². The summed E-state index contributed by atoms with van der Waals surface area (Å²) in [6.45, 7) is 2.94. The van der Waals surface area contributed by atoms with Crippen molar-refractivity contribution < 1.29 is 15.0 Å². The second-order valence-corrected chi connectivity index (χ2v) is 3.04. The lowest BCUT2D eigenvalue weighted by molar-refractivity contribution is 0.0903. The molecule has 0 aliphatic carbocycles. The molecule has 0 spiro atoms. The summed E-state index contributed by atoms with van der Waals surface area (Å²) in [5.41, 5.74) is 1.74. The number of Topliss-reactive ketones (excluding diaryl/α,β-unsaturated/α-hetero) is 1. The van der Waals surface area contributed by atoms with Crippen LogP contribution in [0, 0.1) is 13.8 Å². The average molecular weight is 180 g/mol. The fourth-order valence-corrected chi connectivity index (χ4v) is 1.21. The Kier molecular flexibility index (Phi) is 2.68. The lowest BCUT2D eigenvalue weighted by Gasteiger charge is -2.05. The number of ketones is 1.